The van der Waals surface area contributed by atoms with Gasteiger partial charge in [-0.15, -0.1) is 12.4 Å². The third kappa shape index (κ3) is 5.48. The van der Waals surface area contributed by atoms with E-state index in [9.17, 15) is 0 Å². The molecular formula is C19H20Br2Cl3N3O. The highest BCUT2D eigenvalue weighted by atomic mass is 79.9. The highest BCUT2D eigenvalue weighted by Crippen LogP contribution is 2.42. The van der Waals surface area contributed by atoms with Crippen LogP contribution in [0.5, 0.6) is 0 Å². The van der Waals surface area contributed by atoms with Crippen molar-refractivity contribution in [3.63, 3.8) is 0 Å². The fourth-order valence-corrected chi connectivity index (χ4v) is 4.33. The molecule has 4 nitrogen and oxygen atoms in total. The van der Waals surface area contributed by atoms with Crippen molar-refractivity contribution in [2.45, 2.75) is 38.3 Å². The number of rotatable bonds is 2. The summed E-state index contributed by atoms with van der Waals surface area (Å²) in [5, 5.41) is 1.02. The Balaban J connectivity index is 0.000000221. The standard InChI is InChI=1S/C13H13BrClNO.C6H6BrClN2.ClH/c1-17-9-3-2-7-4-8-5-11(14)13(15)16-12(8)10(7)6-9;7-5-1-4(2-9)3-10-6(5)8;/h5,9H,2-4,6H2,1H3;1,3H,2,9H2;1H. The average molecular weight is 573 g/mol. The zero-order chi connectivity index (χ0) is 19.6. The van der Waals surface area contributed by atoms with Crippen molar-refractivity contribution >= 4 is 73.0 Å². The number of fused-ring (bicyclic) bond motifs is 2. The normalized spacial score (nSPS) is 17.3. The average Bonchev–Trinajstić information content (AvgIpc) is 3.01. The molecule has 4 rings (SSSR count). The summed E-state index contributed by atoms with van der Waals surface area (Å²) in [7, 11) is 1.79. The van der Waals surface area contributed by atoms with Gasteiger partial charge in [0, 0.05) is 26.3 Å². The Morgan fingerprint density at radius 2 is 1.93 bits per heavy atom. The Morgan fingerprint density at radius 3 is 2.57 bits per heavy atom. The van der Waals surface area contributed by atoms with E-state index in [0.29, 0.717) is 23.0 Å². The van der Waals surface area contributed by atoms with E-state index in [-0.39, 0.29) is 12.4 Å². The zero-order valence-corrected chi connectivity index (χ0v) is 20.6. The SMILES string of the molecule is COC1CCC2=C(C1)c1nc(Cl)c(Br)cc1C2.Cl.NCc1cnc(Cl)c(Br)c1. The van der Waals surface area contributed by atoms with Crippen molar-refractivity contribution < 1.29 is 4.74 Å². The minimum absolute atomic E-state index is 0. The summed E-state index contributed by atoms with van der Waals surface area (Å²) in [6, 6.07) is 3.96. The minimum Gasteiger partial charge on any atom is -0.381 e. The first-order valence-corrected chi connectivity index (χ1v) is 10.9. The van der Waals surface area contributed by atoms with Gasteiger partial charge < -0.3 is 10.5 Å². The molecule has 0 fully saturated rings. The molecule has 2 N–H and O–H groups in total. The third-order valence-electron chi connectivity index (χ3n) is 4.75. The summed E-state index contributed by atoms with van der Waals surface area (Å²) in [6.07, 6.45) is 6.25. The molecule has 1 unspecified atom stereocenters. The molecule has 2 aliphatic carbocycles. The van der Waals surface area contributed by atoms with Crippen LogP contribution in [0.3, 0.4) is 0 Å². The van der Waals surface area contributed by atoms with Crippen LogP contribution >= 0.6 is 67.5 Å². The van der Waals surface area contributed by atoms with Crippen molar-refractivity contribution in [2.24, 2.45) is 5.73 Å². The second-order valence-corrected chi connectivity index (χ2v) is 8.87. The van der Waals surface area contributed by atoms with E-state index >= 15 is 0 Å². The van der Waals surface area contributed by atoms with Crippen molar-refractivity contribution in [1.29, 1.82) is 0 Å². The first kappa shape index (κ1) is 24.1. The number of allylic oxidation sites excluding steroid dienone is 1. The summed E-state index contributed by atoms with van der Waals surface area (Å²) in [5.74, 6) is 0. The quantitative estimate of drug-likeness (QED) is 0.424. The Bertz CT molecular complexity index is 893. The van der Waals surface area contributed by atoms with Gasteiger partial charge in [-0.3, -0.25) is 0 Å². The number of nitrogens with two attached hydrogens (primary N) is 1. The van der Waals surface area contributed by atoms with E-state index in [1.54, 1.807) is 13.3 Å². The van der Waals surface area contributed by atoms with Gasteiger partial charge in [0.15, 0.2) is 0 Å². The maximum absolute atomic E-state index is 6.08. The van der Waals surface area contributed by atoms with Crippen molar-refractivity contribution in [3.05, 3.63) is 60.0 Å². The van der Waals surface area contributed by atoms with Gasteiger partial charge in [0.1, 0.15) is 10.3 Å². The number of aromatic nitrogens is 2. The molecule has 1 atom stereocenters. The molecule has 9 heteroatoms. The van der Waals surface area contributed by atoms with E-state index in [0.717, 1.165) is 45.9 Å². The number of nitrogens with zero attached hydrogens (tertiary/aromatic N) is 2. The van der Waals surface area contributed by atoms with Gasteiger partial charge in [0.05, 0.1) is 20.7 Å². The number of ether oxygens (including phenoxy) is 1. The third-order valence-corrected chi connectivity index (χ3v) is 7.01. The molecule has 2 aromatic heterocycles. The number of hydrogen-bond donors (Lipinski definition) is 1. The lowest BCUT2D eigenvalue weighted by Crippen LogP contribution is -2.15. The second-order valence-electron chi connectivity index (χ2n) is 6.45. The van der Waals surface area contributed by atoms with E-state index in [2.05, 4.69) is 47.9 Å². The lowest BCUT2D eigenvalue weighted by atomic mass is 9.91. The van der Waals surface area contributed by atoms with Crippen LogP contribution in [-0.4, -0.2) is 23.2 Å². The van der Waals surface area contributed by atoms with Crippen LogP contribution in [0.4, 0.5) is 0 Å². The first-order chi connectivity index (χ1) is 12.9. The largest absolute Gasteiger partial charge is 0.381 e. The number of hydrogen-bond acceptors (Lipinski definition) is 4. The molecule has 2 aliphatic rings. The van der Waals surface area contributed by atoms with E-state index in [1.807, 2.05) is 6.07 Å². The van der Waals surface area contributed by atoms with Gasteiger partial charge in [-0.2, -0.15) is 0 Å². The van der Waals surface area contributed by atoms with Crippen molar-refractivity contribution in [1.82, 2.24) is 9.97 Å². The fourth-order valence-electron chi connectivity index (χ4n) is 3.32. The molecule has 0 radical (unpaired) electrons. The topological polar surface area (TPSA) is 61.0 Å². The van der Waals surface area contributed by atoms with Gasteiger partial charge in [-0.05, 0) is 80.0 Å². The van der Waals surface area contributed by atoms with Crippen LogP contribution in [0.15, 0.2) is 32.8 Å². The number of pyridine rings is 2. The lowest BCUT2D eigenvalue weighted by molar-refractivity contribution is 0.0965. The molecule has 2 heterocycles. The summed E-state index contributed by atoms with van der Waals surface area (Å²) in [6.45, 7) is 0.489. The van der Waals surface area contributed by atoms with Gasteiger partial charge in [0.2, 0.25) is 0 Å². The monoisotopic (exact) mass is 569 g/mol. The Labute approximate surface area is 197 Å². The molecule has 0 saturated carbocycles. The summed E-state index contributed by atoms with van der Waals surface area (Å²) in [4.78, 5) is 8.40. The highest BCUT2D eigenvalue weighted by molar-refractivity contribution is 9.10. The lowest BCUT2D eigenvalue weighted by Gasteiger charge is -2.22. The maximum Gasteiger partial charge on any atom is 0.143 e. The Morgan fingerprint density at radius 1 is 1.21 bits per heavy atom. The second kappa shape index (κ2) is 10.7. The predicted molar refractivity (Wildman–Crippen MR) is 124 cm³/mol. The molecule has 0 aromatic carbocycles. The number of methoxy groups -OCH3 is 1. The van der Waals surface area contributed by atoms with E-state index in [1.165, 1.54) is 16.7 Å². The van der Waals surface area contributed by atoms with Crippen LogP contribution in [0.2, 0.25) is 10.3 Å². The smallest absolute Gasteiger partial charge is 0.143 e. The summed E-state index contributed by atoms with van der Waals surface area (Å²) < 4.78 is 7.14. The molecule has 0 saturated heterocycles. The fraction of sp³-hybridized carbons (Fsp3) is 0.368. The molecule has 0 aliphatic heterocycles. The van der Waals surface area contributed by atoms with Crippen LogP contribution in [-0.2, 0) is 17.7 Å². The molecular weight excluding hydrogens is 552 g/mol. The predicted octanol–water partition coefficient (Wildman–Crippen LogP) is 6.38. The number of halogens is 5. The van der Waals surface area contributed by atoms with Gasteiger partial charge in [-0.25, -0.2) is 9.97 Å². The Kier molecular flexibility index (Phi) is 9.20. The van der Waals surface area contributed by atoms with E-state index < -0.39 is 0 Å². The van der Waals surface area contributed by atoms with Gasteiger partial charge in [-0.1, -0.05) is 28.8 Å². The van der Waals surface area contributed by atoms with Crippen molar-refractivity contribution in [2.75, 3.05) is 7.11 Å². The van der Waals surface area contributed by atoms with Crippen LogP contribution in [0.25, 0.3) is 5.57 Å². The van der Waals surface area contributed by atoms with Gasteiger partial charge >= 0.3 is 0 Å². The van der Waals surface area contributed by atoms with Crippen LogP contribution in [0.1, 0.15) is 36.1 Å². The molecule has 0 spiro atoms. The van der Waals surface area contributed by atoms with E-state index in [4.69, 9.17) is 33.7 Å². The molecule has 0 bridgehead atoms. The van der Waals surface area contributed by atoms with Crippen LogP contribution < -0.4 is 5.73 Å². The van der Waals surface area contributed by atoms with Crippen LogP contribution in [0, 0.1) is 0 Å². The van der Waals surface area contributed by atoms with Crippen molar-refractivity contribution in [3.8, 4) is 0 Å². The maximum atomic E-state index is 6.08. The highest BCUT2D eigenvalue weighted by Gasteiger charge is 2.29. The molecule has 152 valence electrons. The zero-order valence-electron chi connectivity index (χ0n) is 15.1. The molecule has 28 heavy (non-hydrogen) atoms. The molecule has 2 aromatic rings. The Hall–Kier alpha value is -0.210. The minimum atomic E-state index is 0. The van der Waals surface area contributed by atoms with Gasteiger partial charge in [0.25, 0.3) is 0 Å². The summed E-state index contributed by atoms with van der Waals surface area (Å²) in [5.41, 5.74) is 11.6. The first-order valence-electron chi connectivity index (χ1n) is 8.51. The summed E-state index contributed by atoms with van der Waals surface area (Å²) >= 11 is 18.4. The molecule has 0 amide bonds.